The van der Waals surface area contributed by atoms with Crippen LogP contribution >= 0.6 is 0 Å². The molecule has 0 spiro atoms. The molecule has 0 unspecified atom stereocenters. The van der Waals surface area contributed by atoms with E-state index in [0.29, 0.717) is 48.2 Å². The Bertz CT molecular complexity index is 1190. The molecule has 1 saturated heterocycles. The van der Waals surface area contributed by atoms with E-state index in [0.717, 1.165) is 19.3 Å². The molecule has 0 atom stereocenters. The first-order chi connectivity index (χ1) is 19.0. The number of benzene rings is 3. The first-order valence-electron chi connectivity index (χ1n) is 13.9. The van der Waals surface area contributed by atoms with Crippen LogP contribution in [0.2, 0.25) is 0 Å². The van der Waals surface area contributed by atoms with Gasteiger partial charge >= 0.3 is 0 Å². The number of halogens is 3. The lowest BCUT2D eigenvalue weighted by Gasteiger charge is -2.29. The van der Waals surface area contributed by atoms with E-state index in [4.69, 9.17) is 18.9 Å². The minimum Gasteiger partial charge on any atom is -0.490 e. The van der Waals surface area contributed by atoms with Crippen LogP contribution in [0.3, 0.4) is 0 Å². The first-order valence-corrected chi connectivity index (χ1v) is 13.9. The van der Waals surface area contributed by atoms with Gasteiger partial charge in [-0.1, -0.05) is 63.8 Å². The van der Waals surface area contributed by atoms with Crippen LogP contribution in [0.4, 0.5) is 13.2 Å². The van der Waals surface area contributed by atoms with E-state index >= 15 is 0 Å². The lowest BCUT2D eigenvalue weighted by molar-refractivity contribution is -0.212. The minimum absolute atomic E-state index is 0.0982. The third-order valence-electron chi connectivity index (χ3n) is 6.89. The molecule has 0 aromatic heterocycles. The fraction of sp³-hybridized carbons (Fsp3) is 0.438. The average molecular weight is 543 g/mol. The maximum absolute atomic E-state index is 14.9. The molecule has 7 heteroatoms. The lowest BCUT2D eigenvalue weighted by atomic mass is 9.99. The van der Waals surface area contributed by atoms with Gasteiger partial charge in [-0.2, -0.15) is 4.39 Å². The van der Waals surface area contributed by atoms with Gasteiger partial charge in [-0.25, -0.2) is 8.78 Å². The van der Waals surface area contributed by atoms with E-state index in [1.165, 1.54) is 37.5 Å². The van der Waals surface area contributed by atoms with Crippen LogP contribution in [0.25, 0.3) is 22.3 Å². The molecule has 4 nitrogen and oxygen atoms in total. The minimum atomic E-state index is -1.01. The number of hydrogen-bond donors (Lipinski definition) is 0. The van der Waals surface area contributed by atoms with Gasteiger partial charge in [-0.15, -0.1) is 0 Å². The van der Waals surface area contributed by atoms with Gasteiger partial charge in [0.25, 0.3) is 0 Å². The molecule has 1 aliphatic rings. The van der Waals surface area contributed by atoms with Crippen molar-refractivity contribution >= 4 is 0 Å². The summed E-state index contributed by atoms with van der Waals surface area (Å²) < 4.78 is 66.7. The zero-order valence-corrected chi connectivity index (χ0v) is 22.7. The highest BCUT2D eigenvalue weighted by Crippen LogP contribution is 2.33. The third kappa shape index (κ3) is 7.76. The molecule has 0 N–H and O–H groups in total. The standard InChI is InChI=1S/C32H37F3O4/c1-3-5-7-8-22-19-38-30(39-20-22)21-37-25-13-14-26(28(33)18-25)23-9-11-24(12-10-23)27-15-16-29(32(35)31(27)34)36-17-6-4-2/h9-16,18,22,30H,3-8,17,19-21H2,1-2H3. The molecule has 210 valence electrons. The van der Waals surface area contributed by atoms with E-state index in [1.807, 2.05) is 6.92 Å². The summed E-state index contributed by atoms with van der Waals surface area (Å²) >= 11 is 0. The largest absolute Gasteiger partial charge is 0.490 e. The molecular formula is C32H37F3O4. The van der Waals surface area contributed by atoms with Crippen molar-refractivity contribution in [2.75, 3.05) is 26.4 Å². The molecule has 39 heavy (non-hydrogen) atoms. The molecule has 0 bridgehead atoms. The van der Waals surface area contributed by atoms with Crippen molar-refractivity contribution in [3.63, 3.8) is 0 Å². The third-order valence-corrected chi connectivity index (χ3v) is 6.89. The maximum Gasteiger partial charge on any atom is 0.201 e. The SMILES string of the molecule is CCCCCC1COC(COc2ccc(-c3ccc(-c4ccc(OCCCC)c(F)c4F)cc3)c(F)c2)OC1. The first kappa shape index (κ1) is 29.0. The fourth-order valence-corrected chi connectivity index (χ4v) is 4.53. The van der Waals surface area contributed by atoms with E-state index < -0.39 is 23.7 Å². The molecule has 0 amide bonds. The molecule has 1 fully saturated rings. The predicted octanol–water partition coefficient (Wildman–Crippen LogP) is 8.57. The van der Waals surface area contributed by atoms with Crippen LogP contribution in [0.1, 0.15) is 52.4 Å². The predicted molar refractivity (Wildman–Crippen MR) is 146 cm³/mol. The van der Waals surface area contributed by atoms with Crippen LogP contribution in [0.15, 0.2) is 54.6 Å². The molecule has 1 heterocycles. The summed E-state index contributed by atoms with van der Waals surface area (Å²) in [6, 6.07) is 14.2. The van der Waals surface area contributed by atoms with Gasteiger partial charge in [0, 0.05) is 23.1 Å². The van der Waals surface area contributed by atoms with Gasteiger partial charge in [0.1, 0.15) is 18.2 Å². The van der Waals surface area contributed by atoms with Crippen LogP contribution in [-0.2, 0) is 9.47 Å². The molecule has 3 aromatic carbocycles. The second kappa shape index (κ2) is 14.4. The Hall–Kier alpha value is -3.03. The van der Waals surface area contributed by atoms with Crippen molar-refractivity contribution in [2.24, 2.45) is 5.92 Å². The van der Waals surface area contributed by atoms with E-state index in [-0.39, 0.29) is 17.9 Å². The monoisotopic (exact) mass is 542 g/mol. The quantitative estimate of drug-likeness (QED) is 0.203. The van der Waals surface area contributed by atoms with Crippen LogP contribution < -0.4 is 9.47 Å². The Morgan fingerprint density at radius 3 is 2.08 bits per heavy atom. The summed E-state index contributed by atoms with van der Waals surface area (Å²) in [6.07, 6.45) is 5.88. The zero-order valence-electron chi connectivity index (χ0n) is 22.7. The summed E-state index contributed by atoms with van der Waals surface area (Å²) in [5.41, 5.74) is 1.58. The molecule has 4 rings (SSSR count). The topological polar surface area (TPSA) is 36.9 Å². The van der Waals surface area contributed by atoms with Gasteiger partial charge in [0.2, 0.25) is 5.82 Å². The Labute approximate surface area is 229 Å². The molecule has 3 aromatic rings. The molecule has 0 saturated carbocycles. The van der Waals surface area contributed by atoms with E-state index in [2.05, 4.69) is 6.92 Å². The van der Waals surface area contributed by atoms with Crippen molar-refractivity contribution in [3.8, 4) is 33.8 Å². The Balaban J connectivity index is 1.34. The Morgan fingerprint density at radius 1 is 0.744 bits per heavy atom. The van der Waals surface area contributed by atoms with Crippen LogP contribution in [0, 0.1) is 23.4 Å². The van der Waals surface area contributed by atoms with Gasteiger partial charge in [0.05, 0.1) is 19.8 Å². The molecule has 1 aliphatic heterocycles. The maximum atomic E-state index is 14.9. The average Bonchev–Trinajstić information content (AvgIpc) is 2.95. The van der Waals surface area contributed by atoms with Gasteiger partial charge in [-0.05, 0) is 48.2 Å². The number of rotatable bonds is 13. The smallest absolute Gasteiger partial charge is 0.201 e. The van der Waals surface area contributed by atoms with E-state index in [9.17, 15) is 13.2 Å². The second-order valence-corrected chi connectivity index (χ2v) is 9.93. The highest BCUT2D eigenvalue weighted by Gasteiger charge is 2.23. The van der Waals surface area contributed by atoms with Crippen LogP contribution in [0.5, 0.6) is 11.5 Å². The second-order valence-electron chi connectivity index (χ2n) is 9.93. The molecular weight excluding hydrogens is 505 g/mol. The van der Waals surface area contributed by atoms with Crippen molar-refractivity contribution in [2.45, 2.75) is 58.7 Å². The Kier molecular flexibility index (Phi) is 10.7. The van der Waals surface area contributed by atoms with Crippen molar-refractivity contribution < 1.29 is 32.1 Å². The van der Waals surface area contributed by atoms with Crippen molar-refractivity contribution in [3.05, 3.63) is 72.0 Å². The van der Waals surface area contributed by atoms with E-state index in [1.54, 1.807) is 36.4 Å². The zero-order chi connectivity index (χ0) is 27.6. The van der Waals surface area contributed by atoms with Crippen molar-refractivity contribution in [1.82, 2.24) is 0 Å². The number of hydrogen-bond acceptors (Lipinski definition) is 4. The summed E-state index contributed by atoms with van der Waals surface area (Å²) in [6.45, 7) is 5.98. The van der Waals surface area contributed by atoms with Gasteiger partial charge < -0.3 is 18.9 Å². The summed E-state index contributed by atoms with van der Waals surface area (Å²) in [5, 5.41) is 0. The summed E-state index contributed by atoms with van der Waals surface area (Å²) in [7, 11) is 0. The fourth-order valence-electron chi connectivity index (χ4n) is 4.53. The number of unbranched alkanes of at least 4 members (excludes halogenated alkanes) is 3. The van der Waals surface area contributed by atoms with Gasteiger partial charge in [-0.3, -0.25) is 0 Å². The highest BCUT2D eigenvalue weighted by atomic mass is 19.2. The number of ether oxygens (including phenoxy) is 4. The summed E-state index contributed by atoms with van der Waals surface area (Å²) in [4.78, 5) is 0. The van der Waals surface area contributed by atoms with Crippen LogP contribution in [-0.4, -0.2) is 32.7 Å². The Morgan fingerprint density at radius 2 is 1.41 bits per heavy atom. The van der Waals surface area contributed by atoms with Gasteiger partial charge in [0.15, 0.2) is 17.9 Å². The molecule has 0 aliphatic carbocycles. The highest BCUT2D eigenvalue weighted by molar-refractivity contribution is 5.71. The summed E-state index contributed by atoms with van der Waals surface area (Å²) in [5.74, 6) is -1.74. The molecule has 0 radical (unpaired) electrons. The van der Waals surface area contributed by atoms with Crippen molar-refractivity contribution in [1.29, 1.82) is 0 Å². The normalized spacial score (nSPS) is 17.3. The lowest BCUT2D eigenvalue weighted by Crippen LogP contribution is -2.35.